The molecule has 1 aromatic rings. The number of nitrogens with one attached hydrogen (secondary N) is 1. The van der Waals surface area contributed by atoms with E-state index in [-0.39, 0.29) is 5.91 Å². The maximum atomic E-state index is 12.7. The molecule has 0 saturated carbocycles. The highest BCUT2D eigenvalue weighted by Crippen LogP contribution is 2.30. The van der Waals surface area contributed by atoms with Crippen LogP contribution < -0.4 is 9.46 Å². The lowest BCUT2D eigenvalue weighted by molar-refractivity contribution is -0.135. The van der Waals surface area contributed by atoms with Crippen LogP contribution >= 0.6 is 0 Å². The third-order valence-electron chi connectivity index (χ3n) is 4.42. The molecule has 134 valence electrons. The zero-order valence-electron chi connectivity index (χ0n) is 14.5. The van der Waals surface area contributed by atoms with Gasteiger partial charge in [-0.15, -0.1) is 0 Å². The van der Waals surface area contributed by atoms with Gasteiger partial charge >= 0.3 is 0 Å². The summed E-state index contributed by atoms with van der Waals surface area (Å²) in [6.07, 6.45) is 0.373. The van der Waals surface area contributed by atoms with Gasteiger partial charge in [0.05, 0.1) is 13.2 Å². The number of likely N-dealkylation sites (N-methyl/N-ethyl adjacent to an activating group) is 2. The fourth-order valence-electron chi connectivity index (χ4n) is 2.91. The Morgan fingerprint density at radius 3 is 2.62 bits per heavy atom. The zero-order chi connectivity index (χ0) is 17.9. The number of amides is 1. The van der Waals surface area contributed by atoms with Gasteiger partial charge in [-0.05, 0) is 38.0 Å². The molecular weight excluding hydrogens is 330 g/mol. The second-order valence-corrected chi connectivity index (χ2v) is 7.49. The van der Waals surface area contributed by atoms with Crippen molar-refractivity contribution in [2.75, 3.05) is 27.2 Å². The van der Waals surface area contributed by atoms with Crippen LogP contribution in [0.2, 0.25) is 0 Å². The Morgan fingerprint density at radius 2 is 2.04 bits per heavy atom. The number of hydrogen-bond acceptors (Lipinski definition) is 4. The smallest absolute Gasteiger partial charge is 0.280 e. The van der Waals surface area contributed by atoms with Gasteiger partial charge in [0.1, 0.15) is 11.8 Å². The third kappa shape index (κ3) is 3.71. The first-order valence-corrected chi connectivity index (χ1v) is 9.46. The second-order valence-electron chi connectivity index (χ2n) is 5.73. The van der Waals surface area contributed by atoms with E-state index in [9.17, 15) is 13.2 Å². The molecule has 1 fully saturated rings. The monoisotopic (exact) mass is 355 g/mol. The summed E-state index contributed by atoms with van der Waals surface area (Å²) in [5, 5.41) is 0. The Hall–Kier alpha value is -1.64. The molecule has 0 aliphatic carbocycles. The number of rotatable bonds is 5. The van der Waals surface area contributed by atoms with Crippen molar-refractivity contribution in [3.63, 3.8) is 0 Å². The molecule has 2 rings (SSSR count). The largest absolute Gasteiger partial charge is 0.497 e. The van der Waals surface area contributed by atoms with Gasteiger partial charge in [-0.2, -0.15) is 17.4 Å². The average Bonchev–Trinajstić information content (AvgIpc) is 2.58. The number of methoxy groups -OCH3 is 1. The molecule has 0 aromatic heterocycles. The van der Waals surface area contributed by atoms with Crippen LogP contribution in [0.4, 0.5) is 0 Å². The number of carbonyl (C=O) groups excluding carboxylic acids is 1. The highest BCUT2D eigenvalue weighted by atomic mass is 32.2. The summed E-state index contributed by atoms with van der Waals surface area (Å²) in [6, 6.07) is 6.04. The van der Waals surface area contributed by atoms with E-state index in [2.05, 4.69) is 4.72 Å². The number of benzene rings is 1. The molecular formula is C16H25N3O4S. The number of hydrogen-bond donors (Lipinski definition) is 1. The van der Waals surface area contributed by atoms with E-state index in [0.29, 0.717) is 25.3 Å². The molecule has 1 saturated heterocycles. The van der Waals surface area contributed by atoms with Gasteiger partial charge in [-0.3, -0.25) is 4.79 Å². The van der Waals surface area contributed by atoms with Crippen LogP contribution in [-0.4, -0.2) is 56.8 Å². The Balaban J connectivity index is 2.34. The maximum Gasteiger partial charge on any atom is 0.280 e. The van der Waals surface area contributed by atoms with E-state index in [0.717, 1.165) is 9.87 Å². The summed E-state index contributed by atoms with van der Waals surface area (Å²) in [4.78, 5) is 14.4. The van der Waals surface area contributed by atoms with Crippen LogP contribution in [0.25, 0.3) is 0 Å². The summed E-state index contributed by atoms with van der Waals surface area (Å²) in [7, 11) is -0.727. The Kier molecular flexibility index (Phi) is 5.84. The summed E-state index contributed by atoms with van der Waals surface area (Å²) in [5.74, 6) is 0.484. The quantitative estimate of drug-likeness (QED) is 0.859. The van der Waals surface area contributed by atoms with Crippen LogP contribution in [0, 0.1) is 0 Å². The van der Waals surface area contributed by atoms with Gasteiger partial charge in [0, 0.05) is 20.1 Å². The van der Waals surface area contributed by atoms with Crippen molar-refractivity contribution in [2.45, 2.75) is 32.4 Å². The van der Waals surface area contributed by atoms with Crippen molar-refractivity contribution in [1.29, 1.82) is 0 Å². The van der Waals surface area contributed by atoms with Crippen molar-refractivity contribution in [1.82, 2.24) is 13.9 Å². The Morgan fingerprint density at radius 1 is 1.38 bits per heavy atom. The molecule has 8 heteroatoms. The predicted octanol–water partition coefficient (Wildman–Crippen LogP) is 1.14. The van der Waals surface area contributed by atoms with E-state index in [1.54, 1.807) is 24.1 Å². The molecule has 0 spiro atoms. The highest BCUT2D eigenvalue weighted by Gasteiger charge is 2.41. The maximum absolute atomic E-state index is 12.7. The molecule has 1 aromatic carbocycles. The second kappa shape index (κ2) is 7.50. The van der Waals surface area contributed by atoms with Gasteiger partial charge in [0.15, 0.2) is 0 Å². The van der Waals surface area contributed by atoms with Gasteiger partial charge in [0.2, 0.25) is 5.91 Å². The van der Waals surface area contributed by atoms with E-state index in [1.807, 2.05) is 26.0 Å². The summed E-state index contributed by atoms with van der Waals surface area (Å²) in [5.41, 5.74) is 0.781. The molecule has 1 aliphatic rings. The first-order chi connectivity index (χ1) is 11.3. The molecule has 24 heavy (non-hydrogen) atoms. The van der Waals surface area contributed by atoms with Crippen LogP contribution in [-0.2, 0) is 15.0 Å². The molecule has 2 atom stereocenters. The Labute approximate surface area is 143 Å². The topological polar surface area (TPSA) is 79.0 Å². The van der Waals surface area contributed by atoms with Crippen molar-refractivity contribution in [3.8, 4) is 5.75 Å². The molecule has 1 heterocycles. The molecule has 1 amide bonds. The first kappa shape index (κ1) is 18.7. The summed E-state index contributed by atoms with van der Waals surface area (Å²) >= 11 is 0. The third-order valence-corrected chi connectivity index (χ3v) is 6.02. The van der Waals surface area contributed by atoms with E-state index < -0.39 is 22.3 Å². The van der Waals surface area contributed by atoms with Gasteiger partial charge in [-0.25, -0.2) is 0 Å². The van der Waals surface area contributed by atoms with Gasteiger partial charge in [0.25, 0.3) is 10.2 Å². The van der Waals surface area contributed by atoms with Crippen molar-refractivity contribution in [3.05, 3.63) is 29.8 Å². The van der Waals surface area contributed by atoms with Crippen LogP contribution in [0.15, 0.2) is 24.3 Å². The predicted molar refractivity (Wildman–Crippen MR) is 91.9 cm³/mol. The molecule has 1 aliphatic heterocycles. The first-order valence-electron chi connectivity index (χ1n) is 8.02. The fourth-order valence-corrected chi connectivity index (χ4v) is 4.18. The molecule has 7 nitrogen and oxygen atoms in total. The van der Waals surface area contributed by atoms with Crippen molar-refractivity contribution in [2.24, 2.45) is 0 Å². The van der Waals surface area contributed by atoms with Gasteiger partial charge in [-0.1, -0.05) is 12.1 Å². The lowest BCUT2D eigenvalue weighted by atomic mass is 9.99. The van der Waals surface area contributed by atoms with Crippen LogP contribution in [0.1, 0.15) is 31.9 Å². The van der Waals surface area contributed by atoms with E-state index >= 15 is 0 Å². The lowest BCUT2D eigenvalue weighted by Gasteiger charge is -2.38. The normalized spacial score (nSPS) is 23.7. The van der Waals surface area contributed by atoms with E-state index in [4.69, 9.17) is 4.74 Å². The number of nitrogens with zero attached hydrogens (tertiary/aromatic N) is 2. The van der Waals surface area contributed by atoms with Crippen molar-refractivity contribution < 1.29 is 17.9 Å². The SMILES string of the molecule is CCN(CC)C(=O)C1CC(c2cccc(OC)c2)NS(=O)(=O)N1C. The molecule has 1 N–H and O–H groups in total. The Bertz CT molecular complexity index is 688. The fraction of sp³-hybridized carbons (Fsp3) is 0.562. The standard InChI is InChI=1S/C16H25N3O4S/c1-5-19(6-2)16(20)15-11-14(17-24(21,22)18(15)3)12-8-7-9-13(10-12)23-4/h7-10,14-15,17H,5-6,11H2,1-4H3. The zero-order valence-corrected chi connectivity index (χ0v) is 15.3. The lowest BCUT2D eigenvalue weighted by Crippen LogP contribution is -2.57. The molecule has 2 unspecified atom stereocenters. The van der Waals surface area contributed by atoms with Crippen molar-refractivity contribution >= 4 is 16.1 Å². The minimum atomic E-state index is -3.73. The van der Waals surface area contributed by atoms with Crippen LogP contribution in [0.5, 0.6) is 5.75 Å². The number of ether oxygens (including phenoxy) is 1. The molecule has 0 bridgehead atoms. The summed E-state index contributed by atoms with van der Waals surface area (Å²) in [6.45, 7) is 4.88. The van der Waals surface area contributed by atoms with Crippen LogP contribution in [0.3, 0.4) is 0 Å². The molecule has 0 radical (unpaired) electrons. The number of carbonyl (C=O) groups is 1. The minimum Gasteiger partial charge on any atom is -0.497 e. The average molecular weight is 355 g/mol. The van der Waals surface area contributed by atoms with E-state index in [1.165, 1.54) is 7.05 Å². The van der Waals surface area contributed by atoms with Gasteiger partial charge < -0.3 is 9.64 Å². The summed E-state index contributed by atoms with van der Waals surface area (Å²) < 4.78 is 33.9. The highest BCUT2D eigenvalue weighted by molar-refractivity contribution is 7.87. The minimum absolute atomic E-state index is 0.166.